The Morgan fingerprint density at radius 1 is 1.08 bits per heavy atom. The normalized spacial score (nSPS) is 14.1. The Kier molecular flexibility index (Phi) is 4.86. The van der Waals surface area contributed by atoms with Crippen LogP contribution in [0.4, 0.5) is 10.5 Å². The second-order valence-electron chi connectivity index (χ2n) is 6.42. The zero-order valence-electron chi connectivity index (χ0n) is 14.6. The number of aryl methyl sites for hydroxylation is 3. The molecule has 1 amide bonds. The van der Waals surface area contributed by atoms with Crippen LogP contribution < -0.4 is 10.2 Å². The van der Waals surface area contributed by atoms with Gasteiger partial charge in [-0.05, 0) is 55.2 Å². The van der Waals surface area contributed by atoms with Gasteiger partial charge in [0.1, 0.15) is 6.61 Å². The molecule has 1 aliphatic heterocycles. The monoisotopic (exact) mass is 324 g/mol. The third-order valence-corrected chi connectivity index (χ3v) is 4.45. The van der Waals surface area contributed by atoms with Gasteiger partial charge >= 0.3 is 6.09 Å². The van der Waals surface area contributed by atoms with E-state index in [9.17, 15) is 4.79 Å². The molecule has 0 unspecified atom stereocenters. The lowest BCUT2D eigenvalue weighted by atomic mass is 10.00. The van der Waals surface area contributed by atoms with Gasteiger partial charge in [0, 0.05) is 18.8 Å². The fourth-order valence-corrected chi connectivity index (χ4v) is 3.28. The van der Waals surface area contributed by atoms with E-state index in [-0.39, 0.29) is 6.09 Å². The second kappa shape index (κ2) is 7.05. The summed E-state index contributed by atoms with van der Waals surface area (Å²) in [5.74, 6) is 0. The number of cyclic esters (lactones) is 1. The van der Waals surface area contributed by atoms with E-state index in [1.807, 2.05) is 12.1 Å². The van der Waals surface area contributed by atoms with Crippen molar-refractivity contribution in [2.75, 3.05) is 18.1 Å². The summed E-state index contributed by atoms with van der Waals surface area (Å²) in [7, 11) is 0. The number of amides is 1. The van der Waals surface area contributed by atoms with Gasteiger partial charge in [-0.25, -0.2) is 4.79 Å². The van der Waals surface area contributed by atoms with Crippen molar-refractivity contribution >= 4 is 11.8 Å². The van der Waals surface area contributed by atoms with Crippen LogP contribution in [0.15, 0.2) is 36.4 Å². The predicted molar refractivity (Wildman–Crippen MR) is 96.3 cm³/mol. The van der Waals surface area contributed by atoms with Gasteiger partial charge in [-0.2, -0.15) is 0 Å². The number of rotatable bonds is 5. The Hall–Kier alpha value is -2.33. The van der Waals surface area contributed by atoms with Crippen LogP contribution >= 0.6 is 0 Å². The van der Waals surface area contributed by atoms with Crippen molar-refractivity contribution < 1.29 is 9.53 Å². The minimum absolute atomic E-state index is 0.258. The molecule has 1 fully saturated rings. The first kappa shape index (κ1) is 16.5. The number of carbonyl (C=O) groups excluding carboxylic acids is 1. The van der Waals surface area contributed by atoms with Crippen molar-refractivity contribution in [3.05, 3.63) is 64.2 Å². The van der Waals surface area contributed by atoms with Gasteiger partial charge in [0.25, 0.3) is 0 Å². The summed E-state index contributed by atoms with van der Waals surface area (Å²) < 4.78 is 5.01. The molecule has 126 valence electrons. The summed E-state index contributed by atoms with van der Waals surface area (Å²) in [6.45, 7) is 9.15. The first-order valence-electron chi connectivity index (χ1n) is 8.35. The van der Waals surface area contributed by atoms with E-state index in [4.69, 9.17) is 4.74 Å². The maximum atomic E-state index is 11.7. The number of anilines is 1. The third-order valence-electron chi connectivity index (χ3n) is 4.45. The zero-order chi connectivity index (χ0) is 17.1. The largest absolute Gasteiger partial charge is 0.447 e. The Balaban J connectivity index is 1.64. The molecule has 1 heterocycles. The molecule has 3 rings (SSSR count). The standard InChI is InChI=1S/C20H24N2O2/c1-14-9-15(2)19(16(3)10-14)13-21-12-17-5-4-6-18(11-17)22-7-8-24-20(22)23/h4-6,9-11,21H,7-8,12-13H2,1-3H3. The highest BCUT2D eigenvalue weighted by molar-refractivity contribution is 5.89. The number of nitrogens with one attached hydrogen (secondary N) is 1. The molecule has 0 spiro atoms. The van der Waals surface area contributed by atoms with E-state index in [0.717, 1.165) is 24.3 Å². The Morgan fingerprint density at radius 3 is 2.50 bits per heavy atom. The number of benzene rings is 2. The predicted octanol–water partition coefficient (Wildman–Crippen LogP) is 3.86. The summed E-state index contributed by atoms with van der Waals surface area (Å²) in [5, 5.41) is 3.51. The van der Waals surface area contributed by atoms with Crippen LogP contribution in [0.25, 0.3) is 0 Å². The minimum Gasteiger partial charge on any atom is -0.447 e. The van der Waals surface area contributed by atoms with Gasteiger partial charge in [0.15, 0.2) is 0 Å². The first-order valence-corrected chi connectivity index (χ1v) is 8.35. The van der Waals surface area contributed by atoms with Gasteiger partial charge in [-0.3, -0.25) is 4.90 Å². The lowest BCUT2D eigenvalue weighted by molar-refractivity contribution is 0.181. The molecule has 24 heavy (non-hydrogen) atoms. The minimum atomic E-state index is -0.258. The zero-order valence-corrected chi connectivity index (χ0v) is 14.6. The molecule has 4 nitrogen and oxygen atoms in total. The van der Waals surface area contributed by atoms with Crippen molar-refractivity contribution in [1.29, 1.82) is 0 Å². The summed E-state index contributed by atoms with van der Waals surface area (Å²) in [4.78, 5) is 13.4. The van der Waals surface area contributed by atoms with Crippen LogP contribution in [0.5, 0.6) is 0 Å². The number of hydrogen-bond donors (Lipinski definition) is 1. The highest BCUT2D eigenvalue weighted by Gasteiger charge is 2.23. The van der Waals surface area contributed by atoms with Crippen molar-refractivity contribution in [2.45, 2.75) is 33.9 Å². The molecule has 1 saturated heterocycles. The summed E-state index contributed by atoms with van der Waals surface area (Å²) in [6.07, 6.45) is -0.258. The van der Waals surface area contributed by atoms with E-state index in [0.29, 0.717) is 13.2 Å². The average Bonchev–Trinajstić information content (AvgIpc) is 2.96. The summed E-state index contributed by atoms with van der Waals surface area (Å²) in [6, 6.07) is 12.5. The van der Waals surface area contributed by atoms with Crippen molar-refractivity contribution in [1.82, 2.24) is 5.32 Å². The lowest BCUT2D eigenvalue weighted by Gasteiger charge is -2.15. The molecule has 0 aromatic heterocycles. The van der Waals surface area contributed by atoms with Gasteiger partial charge in [0.2, 0.25) is 0 Å². The van der Waals surface area contributed by atoms with Crippen LogP contribution in [0.2, 0.25) is 0 Å². The van der Waals surface area contributed by atoms with Crippen molar-refractivity contribution in [2.24, 2.45) is 0 Å². The molecule has 1 N–H and O–H groups in total. The molecule has 0 aliphatic carbocycles. The van der Waals surface area contributed by atoms with E-state index in [1.165, 1.54) is 22.3 Å². The summed E-state index contributed by atoms with van der Waals surface area (Å²) >= 11 is 0. The van der Waals surface area contributed by atoms with Gasteiger partial charge in [0.05, 0.1) is 6.54 Å². The van der Waals surface area contributed by atoms with Crippen LogP contribution in [0, 0.1) is 20.8 Å². The molecule has 4 heteroatoms. The molecule has 0 radical (unpaired) electrons. The number of hydrogen-bond acceptors (Lipinski definition) is 3. The number of carbonyl (C=O) groups is 1. The second-order valence-corrected chi connectivity index (χ2v) is 6.42. The summed E-state index contributed by atoms with van der Waals surface area (Å²) in [5.41, 5.74) is 7.38. The van der Waals surface area contributed by atoms with Gasteiger partial charge in [-0.15, -0.1) is 0 Å². The maximum Gasteiger partial charge on any atom is 0.414 e. The molecule has 1 aliphatic rings. The first-order chi connectivity index (χ1) is 11.5. The van der Waals surface area contributed by atoms with E-state index >= 15 is 0 Å². The highest BCUT2D eigenvalue weighted by atomic mass is 16.6. The van der Waals surface area contributed by atoms with Crippen LogP contribution in [-0.2, 0) is 17.8 Å². The van der Waals surface area contributed by atoms with E-state index in [1.54, 1.807) is 4.90 Å². The molecule has 0 saturated carbocycles. The van der Waals surface area contributed by atoms with Crippen LogP contribution in [-0.4, -0.2) is 19.2 Å². The lowest BCUT2D eigenvalue weighted by Crippen LogP contribution is -2.23. The van der Waals surface area contributed by atoms with Gasteiger partial charge < -0.3 is 10.1 Å². The van der Waals surface area contributed by atoms with Crippen LogP contribution in [0.3, 0.4) is 0 Å². The smallest absolute Gasteiger partial charge is 0.414 e. The number of nitrogens with zero attached hydrogens (tertiary/aromatic N) is 1. The third kappa shape index (κ3) is 3.60. The Bertz CT molecular complexity index is 732. The highest BCUT2D eigenvalue weighted by Crippen LogP contribution is 2.20. The Morgan fingerprint density at radius 2 is 1.83 bits per heavy atom. The molecule has 2 aromatic rings. The molecule has 2 aromatic carbocycles. The van der Waals surface area contributed by atoms with Crippen molar-refractivity contribution in [3.63, 3.8) is 0 Å². The van der Waals surface area contributed by atoms with Crippen LogP contribution in [0.1, 0.15) is 27.8 Å². The van der Waals surface area contributed by atoms with Crippen molar-refractivity contribution in [3.8, 4) is 0 Å². The van der Waals surface area contributed by atoms with E-state index in [2.05, 4.69) is 50.4 Å². The molecule has 0 atom stereocenters. The number of ether oxygens (including phenoxy) is 1. The SMILES string of the molecule is Cc1cc(C)c(CNCc2cccc(N3CCOC3=O)c2)c(C)c1. The molecular formula is C20H24N2O2. The fraction of sp³-hybridized carbons (Fsp3) is 0.350. The van der Waals surface area contributed by atoms with Gasteiger partial charge in [-0.1, -0.05) is 29.8 Å². The quantitative estimate of drug-likeness (QED) is 0.908. The molecular weight excluding hydrogens is 300 g/mol. The fourth-order valence-electron chi connectivity index (χ4n) is 3.28. The topological polar surface area (TPSA) is 41.6 Å². The maximum absolute atomic E-state index is 11.7. The van der Waals surface area contributed by atoms with E-state index < -0.39 is 0 Å². The Labute approximate surface area is 143 Å². The molecule has 0 bridgehead atoms. The average molecular weight is 324 g/mol.